The van der Waals surface area contributed by atoms with E-state index in [1.54, 1.807) is 43.6 Å². The molecular weight excluding hydrogens is 598 g/mol. The summed E-state index contributed by atoms with van der Waals surface area (Å²) < 4.78 is 2.62. The highest BCUT2D eigenvalue weighted by Crippen LogP contribution is 2.26. The van der Waals surface area contributed by atoms with Crippen molar-refractivity contribution in [1.29, 1.82) is 0 Å². The van der Waals surface area contributed by atoms with Crippen LogP contribution in [0.25, 0.3) is 21.3 Å². The van der Waals surface area contributed by atoms with Gasteiger partial charge in [0.2, 0.25) is 0 Å². The van der Waals surface area contributed by atoms with Crippen LogP contribution in [0.2, 0.25) is 0 Å². The van der Waals surface area contributed by atoms with Crippen LogP contribution in [0.3, 0.4) is 0 Å². The SMILES string of the molecule is C/C=C\C(=C/C)C(=O)Cn1c(=O)c2cc(CC)sc2n(Cc2ccc(-c3ccccc3/C(C)=N/OC(C)=O)cc2)c1=O.CC.CC. The maximum atomic E-state index is 13.7. The number of oxime groups is 1. The van der Waals surface area contributed by atoms with Crippen molar-refractivity contribution in [3.63, 3.8) is 0 Å². The van der Waals surface area contributed by atoms with Crippen molar-refractivity contribution >= 4 is 39.0 Å². The second-order valence-electron chi connectivity index (χ2n) is 9.71. The molecule has 0 saturated heterocycles. The van der Waals surface area contributed by atoms with Gasteiger partial charge >= 0.3 is 11.7 Å². The second-order valence-corrected chi connectivity index (χ2v) is 10.8. The van der Waals surface area contributed by atoms with Crippen molar-refractivity contribution in [1.82, 2.24) is 9.13 Å². The van der Waals surface area contributed by atoms with Gasteiger partial charge in [-0.2, -0.15) is 0 Å². The van der Waals surface area contributed by atoms with E-state index in [0.717, 1.165) is 38.1 Å². The predicted octanol–water partition coefficient (Wildman–Crippen LogP) is 7.93. The third-order valence-electron chi connectivity index (χ3n) is 6.81. The van der Waals surface area contributed by atoms with E-state index in [2.05, 4.69) is 5.16 Å². The number of aryl methyl sites for hydroxylation is 1. The van der Waals surface area contributed by atoms with E-state index < -0.39 is 17.2 Å². The molecule has 0 spiro atoms. The molecule has 9 heteroatoms. The molecule has 0 fully saturated rings. The van der Waals surface area contributed by atoms with Gasteiger partial charge in [-0.05, 0) is 49.9 Å². The Balaban J connectivity index is 0.00000177. The highest BCUT2D eigenvalue weighted by Gasteiger charge is 2.19. The quantitative estimate of drug-likeness (QED) is 0.0574. The van der Waals surface area contributed by atoms with Gasteiger partial charge in [-0.3, -0.25) is 18.7 Å². The molecule has 0 radical (unpaired) electrons. The fourth-order valence-electron chi connectivity index (χ4n) is 4.67. The van der Waals surface area contributed by atoms with Crippen LogP contribution in [0.15, 0.2) is 93.1 Å². The summed E-state index contributed by atoms with van der Waals surface area (Å²) in [4.78, 5) is 57.7. The standard InChI is InChI=1S/C33H33N3O5S.2C2H6/c1-6-11-24(7-2)30(38)20-35-31(39)29-18-26(8-3)42-32(29)36(33(35)40)19-23-14-16-25(17-15-23)28-13-10-9-12-27(28)21(4)34-41-22(5)37;2*1-2/h6-7,9-18H,8,19-20H2,1-5H3;2*1-2H3/b11-6-,24-7+,34-21+;;. The molecule has 0 aliphatic rings. The second kappa shape index (κ2) is 18.4. The first-order valence-electron chi connectivity index (χ1n) is 15.7. The summed E-state index contributed by atoms with van der Waals surface area (Å²) in [5, 5.41) is 4.37. The zero-order valence-corrected chi connectivity index (χ0v) is 29.2. The lowest BCUT2D eigenvalue weighted by atomic mass is 9.96. The Morgan fingerprint density at radius 3 is 2.17 bits per heavy atom. The smallest absolute Gasteiger partial charge is 0.318 e. The van der Waals surface area contributed by atoms with Crippen LogP contribution in [-0.4, -0.2) is 26.6 Å². The molecule has 244 valence electrons. The summed E-state index contributed by atoms with van der Waals surface area (Å²) in [5.74, 6) is -0.796. The van der Waals surface area contributed by atoms with Crippen LogP contribution in [0.4, 0.5) is 0 Å². The van der Waals surface area contributed by atoms with Gasteiger partial charge < -0.3 is 4.84 Å². The molecule has 4 rings (SSSR count). The molecule has 0 saturated carbocycles. The average molecular weight is 644 g/mol. The Kier molecular flexibility index (Phi) is 15.0. The van der Waals surface area contributed by atoms with Gasteiger partial charge in [0.1, 0.15) is 4.83 Å². The predicted molar refractivity (Wildman–Crippen MR) is 191 cm³/mol. The number of rotatable bonds is 10. The molecule has 46 heavy (non-hydrogen) atoms. The summed E-state index contributed by atoms with van der Waals surface area (Å²) in [5.41, 5.74) is 3.55. The van der Waals surface area contributed by atoms with Crippen molar-refractivity contribution in [3.8, 4) is 11.1 Å². The lowest BCUT2D eigenvalue weighted by molar-refractivity contribution is -0.140. The Morgan fingerprint density at radius 2 is 1.59 bits per heavy atom. The number of aromatic nitrogens is 2. The van der Waals surface area contributed by atoms with Gasteiger partial charge in [0, 0.05) is 22.9 Å². The number of hydrogen-bond acceptors (Lipinski definition) is 7. The number of hydrogen-bond donors (Lipinski definition) is 0. The molecule has 0 unspecified atom stereocenters. The van der Waals surface area contributed by atoms with Crippen molar-refractivity contribution in [3.05, 3.63) is 115 Å². The molecule has 0 bridgehead atoms. The zero-order chi connectivity index (χ0) is 34.4. The Hall–Kier alpha value is -4.63. The molecule has 2 aromatic heterocycles. The third kappa shape index (κ3) is 8.97. The van der Waals surface area contributed by atoms with E-state index in [1.165, 1.54) is 18.3 Å². The number of carbonyl (C=O) groups excluding carboxylic acids is 2. The molecule has 0 aliphatic carbocycles. The molecule has 2 aromatic carbocycles. The minimum Gasteiger partial charge on any atom is -0.318 e. The van der Waals surface area contributed by atoms with Crippen LogP contribution in [-0.2, 0) is 33.9 Å². The number of thiophene rings is 1. The van der Waals surface area contributed by atoms with Gasteiger partial charge in [0.05, 0.1) is 24.2 Å². The van der Waals surface area contributed by atoms with Gasteiger partial charge in [-0.25, -0.2) is 9.59 Å². The summed E-state index contributed by atoms with van der Waals surface area (Å²) in [7, 11) is 0. The van der Waals surface area contributed by atoms with Gasteiger partial charge in [0.15, 0.2) is 5.78 Å². The molecule has 4 aromatic rings. The van der Waals surface area contributed by atoms with Crippen molar-refractivity contribution in [2.24, 2.45) is 5.16 Å². The summed E-state index contributed by atoms with van der Waals surface area (Å²) in [6.07, 6.45) is 5.82. The lowest BCUT2D eigenvalue weighted by Crippen LogP contribution is -2.41. The van der Waals surface area contributed by atoms with Crippen molar-refractivity contribution < 1.29 is 14.4 Å². The number of nitrogens with zero attached hydrogens (tertiary/aromatic N) is 3. The van der Waals surface area contributed by atoms with E-state index in [1.807, 2.05) is 89.2 Å². The maximum absolute atomic E-state index is 13.7. The van der Waals surface area contributed by atoms with Gasteiger partial charge in [0.25, 0.3) is 5.56 Å². The van der Waals surface area contributed by atoms with Crippen molar-refractivity contribution in [2.45, 2.75) is 81.8 Å². The zero-order valence-electron chi connectivity index (χ0n) is 28.3. The lowest BCUT2D eigenvalue weighted by Gasteiger charge is -2.13. The highest BCUT2D eigenvalue weighted by molar-refractivity contribution is 7.18. The Labute approximate surface area is 275 Å². The fraction of sp³-hybridized carbons (Fsp3) is 0.324. The van der Waals surface area contributed by atoms with E-state index in [-0.39, 0.29) is 18.9 Å². The molecule has 2 heterocycles. The number of Topliss-reactive ketones (excluding diaryl/α,β-unsaturated/α-hetero) is 1. The first kappa shape index (κ1) is 37.6. The van der Waals surface area contributed by atoms with Crippen LogP contribution in [0, 0.1) is 0 Å². The number of ketones is 1. The van der Waals surface area contributed by atoms with E-state index in [4.69, 9.17) is 4.84 Å². The van der Waals surface area contributed by atoms with Crippen molar-refractivity contribution in [2.75, 3.05) is 0 Å². The van der Waals surface area contributed by atoms with Crippen LogP contribution >= 0.6 is 11.3 Å². The number of allylic oxidation sites excluding steroid dienone is 4. The van der Waals surface area contributed by atoms with E-state index >= 15 is 0 Å². The number of fused-ring (bicyclic) bond motifs is 1. The highest BCUT2D eigenvalue weighted by atomic mass is 32.1. The molecule has 0 aliphatic heterocycles. The Morgan fingerprint density at radius 1 is 0.935 bits per heavy atom. The first-order chi connectivity index (χ1) is 22.2. The fourth-order valence-corrected chi connectivity index (χ4v) is 5.75. The molecular formula is C37H45N3O5S. The molecule has 0 amide bonds. The van der Waals surface area contributed by atoms with E-state index in [0.29, 0.717) is 21.5 Å². The van der Waals surface area contributed by atoms with Gasteiger partial charge in [-0.1, -0.05) is 107 Å². The molecule has 0 N–H and O–H groups in total. The minimum atomic E-state index is -0.520. The largest absolute Gasteiger partial charge is 0.332 e. The monoisotopic (exact) mass is 643 g/mol. The minimum absolute atomic E-state index is 0.230. The van der Waals surface area contributed by atoms with Gasteiger partial charge in [-0.15, -0.1) is 11.3 Å². The third-order valence-corrected chi connectivity index (χ3v) is 8.11. The number of carbonyl (C=O) groups is 2. The molecule has 0 atom stereocenters. The summed E-state index contributed by atoms with van der Waals surface area (Å²) >= 11 is 1.42. The topological polar surface area (TPSA) is 99.7 Å². The maximum Gasteiger partial charge on any atom is 0.332 e. The van der Waals surface area contributed by atoms with E-state index in [9.17, 15) is 19.2 Å². The van der Waals surface area contributed by atoms with Crippen LogP contribution in [0.5, 0.6) is 0 Å². The van der Waals surface area contributed by atoms with Crippen LogP contribution in [0.1, 0.15) is 78.3 Å². The average Bonchev–Trinajstić information content (AvgIpc) is 3.53. The summed E-state index contributed by atoms with van der Waals surface area (Å²) in [6, 6.07) is 17.3. The molecule has 8 nitrogen and oxygen atoms in total. The summed E-state index contributed by atoms with van der Waals surface area (Å²) in [6.45, 7) is 16.5. The normalized spacial score (nSPS) is 11.5. The number of benzene rings is 2. The Bertz CT molecular complexity index is 1850. The van der Waals surface area contributed by atoms with Crippen LogP contribution < -0.4 is 11.2 Å². The first-order valence-corrected chi connectivity index (χ1v) is 16.5.